The average Bonchev–Trinajstić information content (AvgIpc) is 2.65. The van der Waals surface area contributed by atoms with Gasteiger partial charge in [-0.15, -0.1) is 0 Å². The number of aromatic hydroxyl groups is 1. The van der Waals surface area contributed by atoms with Gasteiger partial charge in [0.15, 0.2) is 0 Å². The third-order valence-corrected chi connectivity index (χ3v) is 4.89. The Morgan fingerprint density at radius 1 is 1.18 bits per heavy atom. The van der Waals surface area contributed by atoms with E-state index in [0.717, 1.165) is 22.2 Å². The normalized spacial score (nSPS) is 10.8. The van der Waals surface area contributed by atoms with Crippen molar-refractivity contribution < 1.29 is 24.2 Å². The van der Waals surface area contributed by atoms with Crippen molar-refractivity contribution in [2.45, 2.75) is 6.54 Å². The first-order valence-corrected chi connectivity index (χ1v) is 8.87. The molecule has 9 heteroatoms. The summed E-state index contributed by atoms with van der Waals surface area (Å²) in [6.45, 7) is -0.689. The number of hydrogen-bond donors (Lipinski definition) is 3. The van der Waals surface area contributed by atoms with Gasteiger partial charge < -0.3 is 20.1 Å². The molecule has 0 saturated carbocycles. The maximum atomic E-state index is 13.7. The molecule has 28 heavy (non-hydrogen) atoms. The molecule has 2 aromatic carbocycles. The molecule has 0 bridgehead atoms. The molecule has 0 aliphatic heterocycles. The molecular formula is C19H14BrFN2O5. The molecular weight excluding hydrogens is 435 g/mol. The second kappa shape index (κ2) is 7.81. The molecule has 1 heterocycles. The Hall–Kier alpha value is -3.20. The number of nitrogens with one attached hydrogen (secondary N) is 1. The molecule has 0 atom stereocenters. The summed E-state index contributed by atoms with van der Waals surface area (Å²) in [5.41, 5.74) is -0.520. The number of pyridine rings is 1. The Bertz CT molecular complexity index is 1160. The van der Waals surface area contributed by atoms with Gasteiger partial charge >= 0.3 is 5.97 Å². The van der Waals surface area contributed by atoms with Crippen LogP contribution in [0.15, 0.2) is 51.7 Å². The summed E-state index contributed by atoms with van der Waals surface area (Å²) in [5.74, 6) is -3.73. The lowest BCUT2D eigenvalue weighted by molar-refractivity contribution is -0.135. The summed E-state index contributed by atoms with van der Waals surface area (Å²) in [6.07, 6.45) is 0. The van der Waals surface area contributed by atoms with Gasteiger partial charge in [-0.3, -0.25) is 14.4 Å². The van der Waals surface area contributed by atoms with E-state index in [4.69, 9.17) is 5.11 Å². The third-order valence-electron chi connectivity index (χ3n) is 4.11. The van der Waals surface area contributed by atoms with Crippen LogP contribution in [0.2, 0.25) is 0 Å². The summed E-state index contributed by atoms with van der Waals surface area (Å²) in [7, 11) is 0. The van der Waals surface area contributed by atoms with E-state index in [-0.39, 0.29) is 17.4 Å². The molecule has 3 N–H and O–H groups in total. The van der Waals surface area contributed by atoms with Crippen molar-refractivity contribution in [2.24, 2.45) is 0 Å². The van der Waals surface area contributed by atoms with Crippen molar-refractivity contribution >= 4 is 38.7 Å². The molecule has 0 fully saturated rings. The summed E-state index contributed by atoms with van der Waals surface area (Å²) < 4.78 is 15.7. The summed E-state index contributed by atoms with van der Waals surface area (Å²) in [5, 5.41) is 21.2. The monoisotopic (exact) mass is 448 g/mol. The van der Waals surface area contributed by atoms with Crippen molar-refractivity contribution in [3.8, 4) is 5.75 Å². The van der Waals surface area contributed by atoms with E-state index < -0.39 is 41.1 Å². The molecule has 0 spiro atoms. The van der Waals surface area contributed by atoms with Crippen molar-refractivity contribution in [1.82, 2.24) is 9.88 Å². The molecule has 144 valence electrons. The predicted octanol–water partition coefficient (Wildman–Crippen LogP) is 2.47. The van der Waals surface area contributed by atoms with Gasteiger partial charge in [-0.2, -0.15) is 0 Å². The second-order valence-electron chi connectivity index (χ2n) is 5.94. The molecule has 0 radical (unpaired) electrons. The Morgan fingerprint density at radius 2 is 1.89 bits per heavy atom. The van der Waals surface area contributed by atoms with Crippen LogP contribution >= 0.6 is 15.9 Å². The topological polar surface area (TPSA) is 109 Å². The molecule has 0 aliphatic carbocycles. The maximum absolute atomic E-state index is 13.7. The van der Waals surface area contributed by atoms with Crippen LogP contribution in [0, 0.1) is 5.82 Å². The highest BCUT2D eigenvalue weighted by atomic mass is 79.9. The van der Waals surface area contributed by atoms with Gasteiger partial charge in [-0.1, -0.05) is 34.1 Å². The Balaban J connectivity index is 2.24. The predicted molar refractivity (Wildman–Crippen MR) is 103 cm³/mol. The molecule has 7 nitrogen and oxygen atoms in total. The third kappa shape index (κ3) is 3.74. The van der Waals surface area contributed by atoms with Crippen LogP contribution in [0.3, 0.4) is 0 Å². The first-order chi connectivity index (χ1) is 13.3. The highest BCUT2D eigenvalue weighted by Gasteiger charge is 2.23. The van der Waals surface area contributed by atoms with Crippen LogP contribution in [0.1, 0.15) is 15.9 Å². The van der Waals surface area contributed by atoms with Gasteiger partial charge in [0.1, 0.15) is 23.7 Å². The molecule has 1 amide bonds. The number of carboxylic acids is 1. The number of amides is 1. The van der Waals surface area contributed by atoms with Crippen molar-refractivity contribution in [3.05, 3.63) is 74.2 Å². The van der Waals surface area contributed by atoms with Crippen LogP contribution in [0.4, 0.5) is 4.39 Å². The smallest absolute Gasteiger partial charge is 0.322 e. The van der Waals surface area contributed by atoms with E-state index in [0.29, 0.717) is 0 Å². The zero-order chi connectivity index (χ0) is 20.4. The number of carbonyl (C=O) groups is 2. The number of aliphatic carboxylic acids is 1. The fourth-order valence-corrected chi connectivity index (χ4v) is 3.23. The van der Waals surface area contributed by atoms with Gasteiger partial charge in [0, 0.05) is 9.86 Å². The van der Waals surface area contributed by atoms with Crippen LogP contribution in [-0.2, 0) is 11.3 Å². The number of fused-ring (bicyclic) bond motifs is 1. The molecule has 3 rings (SSSR count). The van der Waals surface area contributed by atoms with Gasteiger partial charge in [0.25, 0.3) is 11.5 Å². The van der Waals surface area contributed by atoms with Crippen LogP contribution in [0.25, 0.3) is 10.9 Å². The van der Waals surface area contributed by atoms with Gasteiger partial charge in [-0.25, -0.2) is 4.39 Å². The average molecular weight is 449 g/mol. The van der Waals surface area contributed by atoms with Gasteiger partial charge in [0.05, 0.1) is 12.1 Å². The van der Waals surface area contributed by atoms with E-state index in [9.17, 15) is 23.9 Å². The van der Waals surface area contributed by atoms with Crippen LogP contribution < -0.4 is 10.9 Å². The van der Waals surface area contributed by atoms with E-state index in [1.807, 2.05) is 5.32 Å². The number of rotatable bonds is 5. The van der Waals surface area contributed by atoms with Crippen LogP contribution in [0.5, 0.6) is 5.75 Å². The minimum Gasteiger partial charge on any atom is -0.506 e. The van der Waals surface area contributed by atoms with E-state index in [1.54, 1.807) is 24.3 Å². The zero-order valence-electron chi connectivity index (χ0n) is 14.3. The Labute approximate surface area is 166 Å². The number of carbonyl (C=O) groups excluding carboxylic acids is 1. The zero-order valence-corrected chi connectivity index (χ0v) is 15.9. The summed E-state index contributed by atoms with van der Waals surface area (Å²) in [6, 6.07) is 10.6. The highest BCUT2D eigenvalue weighted by Crippen LogP contribution is 2.28. The first-order valence-electron chi connectivity index (χ1n) is 8.08. The van der Waals surface area contributed by atoms with Gasteiger partial charge in [-0.05, 0) is 29.8 Å². The summed E-state index contributed by atoms with van der Waals surface area (Å²) >= 11 is 3.39. The SMILES string of the molecule is O=C(O)CNC(=O)c1c(O)c2cc(F)ccc2n(Cc2ccccc2Br)c1=O. The van der Waals surface area contributed by atoms with Crippen LogP contribution in [-0.4, -0.2) is 33.2 Å². The number of nitrogens with zero attached hydrogens (tertiary/aromatic N) is 1. The van der Waals surface area contributed by atoms with E-state index >= 15 is 0 Å². The van der Waals surface area contributed by atoms with Crippen molar-refractivity contribution in [2.75, 3.05) is 6.54 Å². The number of hydrogen-bond acceptors (Lipinski definition) is 4. The van der Waals surface area contributed by atoms with Gasteiger partial charge in [0.2, 0.25) is 0 Å². The minimum atomic E-state index is -1.31. The molecule has 3 aromatic rings. The number of carboxylic acid groups (broad SMARTS) is 1. The number of benzene rings is 2. The van der Waals surface area contributed by atoms with Crippen molar-refractivity contribution in [1.29, 1.82) is 0 Å². The van der Waals surface area contributed by atoms with E-state index in [1.165, 1.54) is 10.6 Å². The maximum Gasteiger partial charge on any atom is 0.322 e. The van der Waals surface area contributed by atoms with Crippen molar-refractivity contribution in [3.63, 3.8) is 0 Å². The largest absolute Gasteiger partial charge is 0.506 e. The quantitative estimate of drug-likeness (QED) is 0.555. The fourth-order valence-electron chi connectivity index (χ4n) is 2.82. The Kier molecular flexibility index (Phi) is 5.46. The summed E-state index contributed by atoms with van der Waals surface area (Å²) in [4.78, 5) is 36.0. The molecule has 0 aliphatic rings. The Morgan fingerprint density at radius 3 is 2.57 bits per heavy atom. The molecule has 0 unspecified atom stereocenters. The molecule has 0 saturated heterocycles. The first kappa shape index (κ1) is 19.6. The lowest BCUT2D eigenvalue weighted by Crippen LogP contribution is -2.36. The van der Waals surface area contributed by atoms with E-state index in [2.05, 4.69) is 15.9 Å². The lowest BCUT2D eigenvalue weighted by atomic mass is 10.1. The minimum absolute atomic E-state index is 0.0351. The molecule has 1 aromatic heterocycles. The number of aromatic nitrogens is 1. The second-order valence-corrected chi connectivity index (χ2v) is 6.80. The standard InChI is InChI=1S/C19H14BrFN2O5/c20-13-4-2-1-3-10(13)9-23-14-6-5-11(21)7-12(14)17(26)16(19(23)28)18(27)22-8-15(24)25/h1-7,26H,8-9H2,(H,22,27)(H,24,25). The highest BCUT2D eigenvalue weighted by molar-refractivity contribution is 9.10. The number of halogens is 2. The fraction of sp³-hybridized carbons (Fsp3) is 0.105. The lowest BCUT2D eigenvalue weighted by Gasteiger charge is -2.15.